The maximum Gasteiger partial charge on any atom is 0.248 e. The minimum atomic E-state index is -0.575. The van der Waals surface area contributed by atoms with E-state index in [2.05, 4.69) is 20.6 Å². The maximum absolute atomic E-state index is 12.8. The first kappa shape index (κ1) is 41.4. The molecule has 0 saturated carbocycles. The van der Waals surface area contributed by atoms with Crippen molar-refractivity contribution >= 4 is 91.9 Å². The van der Waals surface area contributed by atoms with Crippen LogP contribution in [-0.4, -0.2) is 134 Å². The molecule has 0 unspecified atom stereocenters. The van der Waals surface area contributed by atoms with Gasteiger partial charge in [-0.05, 0) is 44.8 Å². The maximum atomic E-state index is 12.8. The normalized spacial score (nSPS) is 15.1. The standard InChI is InChI=1S/C37H45Cl2N9O6S/c1-45(2)14-3-4-31(52)47-16-17-48(32(53)21-47)34-6-5-23(55-34)7-11-42-29(50)19-30(51)43-13-12-41-10-8-27(40)24-18-26(38)36(39)37-35(24)25-20-46(33(54)22-49)15-9-28(25)44-37/h3-6,8,10,18,44,49H,7,9,11-17,19-22,40H2,1-2H3,(H,42,50)(H,43,51)/b4-3+,27-8-,41-10?. The predicted molar refractivity (Wildman–Crippen MR) is 215 cm³/mol. The van der Waals surface area contributed by atoms with Crippen molar-refractivity contribution in [2.24, 2.45) is 10.7 Å². The summed E-state index contributed by atoms with van der Waals surface area (Å²) >= 11 is 14.4. The number of nitrogens with two attached hydrogens (primary N) is 1. The average Bonchev–Trinajstić information content (AvgIpc) is 3.78. The third-order valence-corrected chi connectivity index (χ3v) is 11.0. The summed E-state index contributed by atoms with van der Waals surface area (Å²) in [6.07, 6.45) is 7.17. The molecule has 1 fully saturated rings. The predicted octanol–water partition coefficient (Wildman–Crippen LogP) is 1.94. The van der Waals surface area contributed by atoms with Crippen LogP contribution in [0.15, 0.2) is 41.4 Å². The van der Waals surface area contributed by atoms with E-state index >= 15 is 0 Å². The fourth-order valence-corrected chi connectivity index (χ4v) is 7.69. The zero-order valence-electron chi connectivity index (χ0n) is 30.7. The Kier molecular flexibility index (Phi) is 14.5. The lowest BCUT2D eigenvalue weighted by molar-refractivity contribution is -0.135. The first-order valence-electron chi connectivity index (χ1n) is 17.7. The van der Waals surface area contributed by atoms with Crippen LogP contribution in [0.25, 0.3) is 16.6 Å². The van der Waals surface area contributed by atoms with Crippen molar-refractivity contribution in [3.05, 3.63) is 68.2 Å². The molecule has 2 aliphatic rings. The molecule has 0 spiro atoms. The van der Waals surface area contributed by atoms with Gasteiger partial charge in [-0.2, -0.15) is 0 Å². The number of carbonyl (C=O) groups excluding carboxylic acids is 5. The second-order valence-corrected chi connectivity index (χ2v) is 15.2. The third kappa shape index (κ3) is 10.7. The van der Waals surface area contributed by atoms with Gasteiger partial charge in [0, 0.05) is 97.3 Å². The van der Waals surface area contributed by atoms with Gasteiger partial charge in [-0.3, -0.25) is 29.0 Å². The molecule has 55 heavy (non-hydrogen) atoms. The number of benzene rings is 1. The van der Waals surface area contributed by atoms with E-state index in [0.29, 0.717) is 72.4 Å². The summed E-state index contributed by atoms with van der Waals surface area (Å²) < 4.78 is 0. The van der Waals surface area contributed by atoms with Crippen molar-refractivity contribution < 1.29 is 29.1 Å². The number of thiophene rings is 1. The van der Waals surface area contributed by atoms with E-state index in [4.69, 9.17) is 28.9 Å². The van der Waals surface area contributed by atoms with E-state index in [1.807, 2.05) is 31.1 Å². The SMILES string of the molecule is CN(C)C/C=C/C(=O)N1CCN(c2ccc(CCNC(=O)CC(=O)NCCN=C/C=C(\N)c3cc(Cl)c(Cl)c4[nH]c5c(c34)CN(C(=O)CO)CC5)s2)C(=O)C1. The Morgan fingerprint density at radius 2 is 1.84 bits per heavy atom. The number of rotatable bonds is 15. The van der Waals surface area contributed by atoms with Crippen LogP contribution in [0.4, 0.5) is 5.00 Å². The Hall–Kier alpha value is -4.74. The van der Waals surface area contributed by atoms with Crippen LogP contribution in [0.1, 0.15) is 28.1 Å². The van der Waals surface area contributed by atoms with Crippen molar-refractivity contribution in [3.8, 4) is 0 Å². The number of nitrogens with zero attached hydrogens (tertiary/aromatic N) is 5. The summed E-state index contributed by atoms with van der Waals surface area (Å²) in [6, 6.07) is 5.44. The molecular weight excluding hydrogens is 769 g/mol. The van der Waals surface area contributed by atoms with E-state index in [1.165, 1.54) is 23.6 Å². The van der Waals surface area contributed by atoms with Crippen LogP contribution in [0.2, 0.25) is 10.0 Å². The molecule has 1 aromatic carbocycles. The molecule has 18 heteroatoms. The molecule has 6 N–H and O–H groups in total. The van der Waals surface area contributed by atoms with Gasteiger partial charge in [0.25, 0.3) is 0 Å². The average molecular weight is 815 g/mol. The molecule has 0 aliphatic carbocycles. The number of aromatic nitrogens is 1. The lowest BCUT2D eigenvalue weighted by Gasteiger charge is -2.33. The largest absolute Gasteiger partial charge is 0.398 e. The fourth-order valence-electron chi connectivity index (χ4n) is 6.24. The number of aliphatic hydroxyl groups excluding tert-OH is 1. The summed E-state index contributed by atoms with van der Waals surface area (Å²) in [4.78, 5) is 77.5. The number of allylic oxidation sites excluding steroid dienone is 1. The summed E-state index contributed by atoms with van der Waals surface area (Å²) in [5.74, 6) is -1.53. The molecule has 1 saturated heterocycles. The van der Waals surface area contributed by atoms with Crippen molar-refractivity contribution in [1.29, 1.82) is 0 Å². The number of aliphatic imine (C=N–C) groups is 1. The lowest BCUT2D eigenvalue weighted by atomic mass is 9.99. The topological polar surface area (TPSA) is 197 Å². The second-order valence-electron chi connectivity index (χ2n) is 13.3. The zero-order chi connectivity index (χ0) is 39.6. The number of piperazine rings is 1. The van der Waals surface area contributed by atoms with E-state index in [0.717, 1.165) is 26.5 Å². The lowest BCUT2D eigenvalue weighted by Crippen LogP contribution is -2.51. The van der Waals surface area contributed by atoms with Crippen LogP contribution < -0.4 is 21.3 Å². The molecule has 5 rings (SSSR count). The van der Waals surface area contributed by atoms with Gasteiger partial charge >= 0.3 is 0 Å². The van der Waals surface area contributed by atoms with Gasteiger partial charge in [-0.1, -0.05) is 29.3 Å². The van der Waals surface area contributed by atoms with E-state index in [-0.39, 0.29) is 50.3 Å². The molecule has 5 amide bonds. The number of aliphatic hydroxyl groups is 1. The van der Waals surface area contributed by atoms with Crippen LogP contribution >= 0.6 is 34.5 Å². The molecule has 0 radical (unpaired) electrons. The number of halogens is 2. The fraction of sp³-hybridized carbons (Fsp3) is 0.405. The van der Waals surface area contributed by atoms with Gasteiger partial charge in [0.2, 0.25) is 29.5 Å². The zero-order valence-corrected chi connectivity index (χ0v) is 33.0. The number of aromatic amines is 1. The van der Waals surface area contributed by atoms with Gasteiger partial charge in [0.05, 0.1) is 27.1 Å². The molecule has 15 nitrogen and oxygen atoms in total. The number of hydrogen-bond acceptors (Lipinski definition) is 10. The van der Waals surface area contributed by atoms with Gasteiger partial charge in [-0.25, -0.2) is 0 Å². The molecule has 0 atom stereocenters. The van der Waals surface area contributed by atoms with Crippen LogP contribution in [0.5, 0.6) is 0 Å². The first-order valence-corrected chi connectivity index (χ1v) is 19.3. The third-order valence-electron chi connectivity index (χ3n) is 9.06. The number of H-pyrrole nitrogens is 1. The Balaban J connectivity index is 1.03. The highest BCUT2D eigenvalue weighted by Crippen LogP contribution is 2.40. The smallest absolute Gasteiger partial charge is 0.248 e. The molecule has 294 valence electrons. The van der Waals surface area contributed by atoms with Gasteiger partial charge in [0.15, 0.2) is 0 Å². The number of carbonyl (C=O) groups is 5. The molecule has 0 bridgehead atoms. The Morgan fingerprint density at radius 1 is 1.07 bits per heavy atom. The minimum Gasteiger partial charge on any atom is -0.398 e. The molecule has 3 aromatic rings. The van der Waals surface area contributed by atoms with Crippen molar-refractivity contribution in [2.45, 2.75) is 25.8 Å². The number of fused-ring (bicyclic) bond motifs is 3. The van der Waals surface area contributed by atoms with Crippen LogP contribution in [0, 0.1) is 0 Å². The van der Waals surface area contributed by atoms with Gasteiger partial charge in [-0.15, -0.1) is 11.3 Å². The van der Waals surface area contributed by atoms with Crippen LogP contribution in [-0.2, 0) is 43.4 Å². The van der Waals surface area contributed by atoms with Crippen LogP contribution in [0.3, 0.4) is 0 Å². The number of anilines is 1. The van der Waals surface area contributed by atoms with Crippen molar-refractivity contribution in [3.63, 3.8) is 0 Å². The second kappa shape index (κ2) is 19.2. The monoisotopic (exact) mass is 813 g/mol. The Morgan fingerprint density at radius 3 is 2.56 bits per heavy atom. The highest BCUT2D eigenvalue weighted by atomic mass is 35.5. The highest BCUT2D eigenvalue weighted by Gasteiger charge is 2.29. The van der Waals surface area contributed by atoms with E-state index in [9.17, 15) is 29.1 Å². The quantitative estimate of drug-likeness (QED) is 0.0665. The van der Waals surface area contributed by atoms with Gasteiger partial charge < -0.3 is 46.1 Å². The van der Waals surface area contributed by atoms with Crippen molar-refractivity contribution in [1.82, 2.24) is 30.3 Å². The summed E-state index contributed by atoms with van der Waals surface area (Å²) in [6.45, 7) is 2.46. The number of amides is 5. The van der Waals surface area contributed by atoms with E-state index < -0.39 is 18.4 Å². The molecule has 4 heterocycles. The molecule has 2 aliphatic heterocycles. The summed E-state index contributed by atoms with van der Waals surface area (Å²) in [5.41, 5.74) is 9.83. The number of likely N-dealkylation sites (N-methyl/N-ethyl adjacent to an activating group) is 1. The molecule has 2 aromatic heterocycles. The molecular formula is C37H45Cl2N9O6S. The Bertz CT molecular complexity index is 2020. The Labute approximate surface area is 332 Å². The highest BCUT2D eigenvalue weighted by molar-refractivity contribution is 7.16. The first-order chi connectivity index (χ1) is 26.4. The number of hydrogen-bond donors (Lipinski definition) is 5. The summed E-state index contributed by atoms with van der Waals surface area (Å²) in [7, 11) is 3.82. The minimum absolute atomic E-state index is 0.0197. The van der Waals surface area contributed by atoms with Crippen molar-refractivity contribution in [2.75, 3.05) is 78.0 Å². The van der Waals surface area contributed by atoms with Gasteiger partial charge in [0.1, 0.15) is 19.6 Å². The summed E-state index contributed by atoms with van der Waals surface area (Å²) in [5, 5.41) is 17.0. The number of nitrogens with one attached hydrogen (secondary N) is 3. The van der Waals surface area contributed by atoms with E-state index in [1.54, 1.807) is 32.9 Å².